The van der Waals surface area contributed by atoms with Gasteiger partial charge >= 0.3 is 0 Å². The fourth-order valence-electron chi connectivity index (χ4n) is 3.75. The second-order valence-corrected chi connectivity index (χ2v) is 6.89. The highest BCUT2D eigenvalue weighted by atomic mass is 16.2. The molecule has 4 nitrogen and oxygen atoms in total. The Labute approximate surface area is 138 Å². The third-order valence-electron chi connectivity index (χ3n) is 5.29. The Morgan fingerprint density at radius 2 is 1.96 bits per heavy atom. The first-order valence-electron chi connectivity index (χ1n) is 8.72. The standard InChI is InChI=1S/C19H25N3O/c1-15(21-18(23)19(14-20)9-2-3-10-19)16-7-6-8-17(13-16)22-11-4-5-12-22/h6-8,13,15H,2-5,9-12H2,1H3,(H,21,23)/t15-/m0/s1. The van der Waals surface area contributed by atoms with Crippen LogP contribution in [0.25, 0.3) is 0 Å². The van der Waals surface area contributed by atoms with Crippen molar-refractivity contribution in [3.63, 3.8) is 0 Å². The molecule has 1 amide bonds. The van der Waals surface area contributed by atoms with Crippen LogP contribution >= 0.6 is 0 Å². The first kappa shape index (κ1) is 15.9. The van der Waals surface area contributed by atoms with Gasteiger partial charge < -0.3 is 10.2 Å². The number of carbonyl (C=O) groups excluding carboxylic acids is 1. The van der Waals surface area contributed by atoms with Crippen molar-refractivity contribution < 1.29 is 4.79 Å². The van der Waals surface area contributed by atoms with Crippen molar-refractivity contribution in [2.45, 2.75) is 51.5 Å². The van der Waals surface area contributed by atoms with E-state index in [1.165, 1.54) is 18.5 Å². The lowest BCUT2D eigenvalue weighted by atomic mass is 9.86. The van der Waals surface area contributed by atoms with Crippen LogP contribution < -0.4 is 10.2 Å². The zero-order valence-corrected chi connectivity index (χ0v) is 13.8. The Balaban J connectivity index is 1.70. The summed E-state index contributed by atoms with van der Waals surface area (Å²) in [5.74, 6) is -0.100. The molecular formula is C19H25N3O. The molecule has 2 aliphatic rings. The van der Waals surface area contributed by atoms with Crippen LogP contribution in [0.15, 0.2) is 24.3 Å². The minimum Gasteiger partial charge on any atom is -0.372 e. The lowest BCUT2D eigenvalue weighted by Crippen LogP contribution is -2.39. The first-order valence-corrected chi connectivity index (χ1v) is 8.72. The second-order valence-electron chi connectivity index (χ2n) is 6.89. The van der Waals surface area contributed by atoms with Gasteiger partial charge in [-0.3, -0.25) is 4.79 Å². The average Bonchev–Trinajstić information content (AvgIpc) is 3.27. The SMILES string of the molecule is C[C@H](NC(=O)C1(C#N)CCCC1)c1cccc(N2CCCC2)c1. The topological polar surface area (TPSA) is 56.1 Å². The van der Waals surface area contributed by atoms with Crippen LogP contribution in [0.2, 0.25) is 0 Å². The molecule has 23 heavy (non-hydrogen) atoms. The molecule has 0 bridgehead atoms. The van der Waals surface area contributed by atoms with Crippen molar-refractivity contribution in [2.75, 3.05) is 18.0 Å². The van der Waals surface area contributed by atoms with E-state index in [0.717, 1.165) is 31.5 Å². The minimum atomic E-state index is -0.805. The summed E-state index contributed by atoms with van der Waals surface area (Å²) in [4.78, 5) is 15.0. The van der Waals surface area contributed by atoms with Gasteiger partial charge in [-0.25, -0.2) is 0 Å². The van der Waals surface area contributed by atoms with E-state index in [4.69, 9.17) is 0 Å². The Bertz CT molecular complexity index is 607. The highest BCUT2D eigenvalue weighted by Gasteiger charge is 2.41. The van der Waals surface area contributed by atoms with Crippen LogP contribution in [-0.4, -0.2) is 19.0 Å². The van der Waals surface area contributed by atoms with E-state index in [1.807, 2.05) is 6.92 Å². The normalized spacial score (nSPS) is 21.0. The van der Waals surface area contributed by atoms with Gasteiger partial charge in [0.1, 0.15) is 5.41 Å². The van der Waals surface area contributed by atoms with Gasteiger partial charge in [-0.05, 0) is 50.3 Å². The Hall–Kier alpha value is -2.02. The number of anilines is 1. The van der Waals surface area contributed by atoms with Gasteiger partial charge in [-0.2, -0.15) is 5.26 Å². The summed E-state index contributed by atoms with van der Waals surface area (Å²) in [5.41, 5.74) is 1.53. The number of rotatable bonds is 4. The molecule has 1 aromatic carbocycles. The number of nitrogens with one attached hydrogen (secondary N) is 1. The predicted octanol–water partition coefficient (Wildman–Crippen LogP) is 3.55. The van der Waals surface area contributed by atoms with Crippen molar-refractivity contribution in [1.29, 1.82) is 5.26 Å². The average molecular weight is 311 g/mol. The summed E-state index contributed by atoms with van der Waals surface area (Å²) in [5, 5.41) is 12.5. The van der Waals surface area contributed by atoms with Crippen LogP contribution in [0, 0.1) is 16.7 Å². The Morgan fingerprint density at radius 1 is 1.26 bits per heavy atom. The minimum absolute atomic E-state index is 0.0733. The van der Waals surface area contributed by atoms with Crippen molar-refractivity contribution in [3.05, 3.63) is 29.8 Å². The molecule has 0 aromatic heterocycles. The van der Waals surface area contributed by atoms with Gasteiger partial charge in [0.25, 0.3) is 0 Å². The van der Waals surface area contributed by atoms with Crippen LogP contribution in [0.1, 0.15) is 57.1 Å². The fourth-order valence-corrected chi connectivity index (χ4v) is 3.75. The highest BCUT2D eigenvalue weighted by Crippen LogP contribution is 2.38. The Morgan fingerprint density at radius 3 is 2.61 bits per heavy atom. The van der Waals surface area contributed by atoms with Crippen molar-refractivity contribution in [1.82, 2.24) is 5.32 Å². The maximum atomic E-state index is 12.6. The van der Waals surface area contributed by atoms with E-state index in [9.17, 15) is 10.1 Å². The smallest absolute Gasteiger partial charge is 0.240 e. The molecule has 3 rings (SSSR count). The molecule has 1 saturated heterocycles. The van der Waals surface area contributed by atoms with Crippen LogP contribution in [0.3, 0.4) is 0 Å². The zero-order valence-electron chi connectivity index (χ0n) is 13.8. The molecule has 122 valence electrons. The van der Waals surface area contributed by atoms with Crippen LogP contribution in [0.5, 0.6) is 0 Å². The van der Waals surface area contributed by atoms with Crippen molar-refractivity contribution in [2.24, 2.45) is 5.41 Å². The van der Waals surface area contributed by atoms with Gasteiger partial charge in [0.2, 0.25) is 5.91 Å². The molecule has 1 heterocycles. The molecule has 0 radical (unpaired) electrons. The number of hydrogen-bond acceptors (Lipinski definition) is 3. The monoisotopic (exact) mass is 311 g/mol. The number of carbonyl (C=O) groups is 1. The van der Waals surface area contributed by atoms with Gasteiger partial charge in [-0.1, -0.05) is 25.0 Å². The highest BCUT2D eigenvalue weighted by molar-refractivity contribution is 5.86. The second kappa shape index (κ2) is 6.62. The maximum Gasteiger partial charge on any atom is 0.240 e. The zero-order chi connectivity index (χ0) is 16.3. The summed E-state index contributed by atoms with van der Waals surface area (Å²) in [6.07, 6.45) is 5.83. The molecule has 0 spiro atoms. The summed E-state index contributed by atoms with van der Waals surface area (Å²) >= 11 is 0. The summed E-state index contributed by atoms with van der Waals surface area (Å²) in [6.45, 7) is 4.23. The van der Waals surface area contributed by atoms with Gasteiger partial charge in [0.15, 0.2) is 0 Å². The number of nitrogens with zero attached hydrogens (tertiary/aromatic N) is 2. The van der Waals surface area contributed by atoms with Crippen LogP contribution in [-0.2, 0) is 4.79 Å². The van der Waals surface area contributed by atoms with Gasteiger partial charge in [-0.15, -0.1) is 0 Å². The molecule has 0 unspecified atom stereocenters. The van der Waals surface area contributed by atoms with Gasteiger partial charge in [0.05, 0.1) is 12.1 Å². The molecule has 1 aliphatic heterocycles. The summed E-state index contributed by atoms with van der Waals surface area (Å²) in [7, 11) is 0. The molecule has 1 atom stereocenters. The van der Waals surface area contributed by atoms with Crippen molar-refractivity contribution in [3.8, 4) is 6.07 Å². The molecular weight excluding hydrogens is 286 g/mol. The van der Waals surface area contributed by atoms with E-state index in [0.29, 0.717) is 12.8 Å². The summed E-state index contributed by atoms with van der Waals surface area (Å²) in [6, 6.07) is 10.6. The first-order chi connectivity index (χ1) is 11.1. The molecule has 2 fully saturated rings. The molecule has 1 aromatic rings. The largest absolute Gasteiger partial charge is 0.372 e. The third-order valence-corrected chi connectivity index (χ3v) is 5.29. The fraction of sp³-hybridized carbons (Fsp3) is 0.579. The lowest BCUT2D eigenvalue weighted by Gasteiger charge is -2.24. The molecule has 1 saturated carbocycles. The molecule has 1 aliphatic carbocycles. The predicted molar refractivity (Wildman–Crippen MR) is 91.0 cm³/mol. The van der Waals surface area contributed by atoms with E-state index >= 15 is 0 Å². The lowest BCUT2D eigenvalue weighted by molar-refractivity contribution is -0.128. The number of hydrogen-bond donors (Lipinski definition) is 1. The number of benzene rings is 1. The van der Waals surface area contributed by atoms with E-state index in [-0.39, 0.29) is 11.9 Å². The quantitative estimate of drug-likeness (QED) is 0.925. The van der Waals surface area contributed by atoms with E-state index in [2.05, 4.69) is 40.6 Å². The summed E-state index contributed by atoms with van der Waals surface area (Å²) < 4.78 is 0. The molecule has 4 heteroatoms. The van der Waals surface area contributed by atoms with E-state index in [1.54, 1.807) is 0 Å². The van der Waals surface area contributed by atoms with Gasteiger partial charge in [0, 0.05) is 18.8 Å². The van der Waals surface area contributed by atoms with Crippen molar-refractivity contribution >= 4 is 11.6 Å². The van der Waals surface area contributed by atoms with Crippen LogP contribution in [0.4, 0.5) is 5.69 Å². The number of nitriles is 1. The third kappa shape index (κ3) is 3.19. The van der Waals surface area contributed by atoms with E-state index < -0.39 is 5.41 Å². The number of amides is 1. The maximum absolute atomic E-state index is 12.6. The Kier molecular flexibility index (Phi) is 4.56. The molecule has 1 N–H and O–H groups in total.